The molecular weight excluding hydrogens is 262 g/mol. The van der Waals surface area contributed by atoms with Crippen molar-refractivity contribution in [3.63, 3.8) is 0 Å². The second kappa shape index (κ2) is 7.99. The number of nitriles is 1. The Labute approximate surface area is 127 Å². The molecule has 0 unspecified atom stereocenters. The first-order valence-electron chi connectivity index (χ1n) is 7.95. The standard InChI is InChI=1S/C17H25N3O/c1-13(2)7-9-21-10-8-19-17-15(12-18)11-14-5-3-4-6-16(14)20-17/h11,13H,3-10H2,1-2H3,(H,19,20). The summed E-state index contributed by atoms with van der Waals surface area (Å²) in [5, 5.41) is 12.5. The molecule has 0 atom stereocenters. The highest BCUT2D eigenvalue weighted by Crippen LogP contribution is 2.24. The molecule has 1 aromatic rings. The van der Waals surface area contributed by atoms with E-state index in [-0.39, 0.29) is 0 Å². The maximum absolute atomic E-state index is 9.26. The van der Waals surface area contributed by atoms with Crippen LogP contribution in [-0.2, 0) is 17.6 Å². The number of hydrogen-bond acceptors (Lipinski definition) is 4. The first kappa shape index (κ1) is 15.8. The summed E-state index contributed by atoms with van der Waals surface area (Å²) >= 11 is 0. The van der Waals surface area contributed by atoms with Crippen molar-refractivity contribution in [3.8, 4) is 6.07 Å². The van der Waals surface area contributed by atoms with E-state index in [2.05, 4.69) is 30.2 Å². The number of anilines is 1. The molecule has 2 rings (SSSR count). The molecule has 0 saturated carbocycles. The summed E-state index contributed by atoms with van der Waals surface area (Å²) in [6, 6.07) is 4.25. The van der Waals surface area contributed by atoms with Crippen LogP contribution in [0, 0.1) is 17.2 Å². The molecule has 0 aromatic carbocycles. The van der Waals surface area contributed by atoms with Crippen LogP contribution < -0.4 is 5.32 Å². The molecule has 21 heavy (non-hydrogen) atoms. The predicted octanol–water partition coefficient (Wildman–Crippen LogP) is 3.31. The number of aryl methyl sites for hydroxylation is 2. The van der Waals surface area contributed by atoms with Gasteiger partial charge in [-0.3, -0.25) is 0 Å². The molecule has 1 aliphatic carbocycles. The third-order valence-electron chi connectivity index (χ3n) is 3.80. The Hall–Kier alpha value is -1.60. The van der Waals surface area contributed by atoms with Crippen LogP contribution in [0.2, 0.25) is 0 Å². The van der Waals surface area contributed by atoms with Crippen LogP contribution in [0.3, 0.4) is 0 Å². The fraction of sp³-hybridized carbons (Fsp3) is 0.647. The SMILES string of the molecule is CC(C)CCOCCNc1nc2c(cc1C#N)CCCC2. The summed E-state index contributed by atoms with van der Waals surface area (Å²) in [6.45, 7) is 6.52. The van der Waals surface area contributed by atoms with Crippen molar-refractivity contribution in [2.75, 3.05) is 25.1 Å². The molecule has 4 nitrogen and oxygen atoms in total. The maximum Gasteiger partial charge on any atom is 0.144 e. The largest absolute Gasteiger partial charge is 0.380 e. The Morgan fingerprint density at radius 2 is 2.14 bits per heavy atom. The fourth-order valence-corrected chi connectivity index (χ4v) is 2.52. The Morgan fingerprint density at radius 3 is 2.90 bits per heavy atom. The first-order chi connectivity index (χ1) is 10.2. The molecule has 0 radical (unpaired) electrons. The molecular formula is C17H25N3O. The van der Waals surface area contributed by atoms with E-state index in [1.165, 1.54) is 18.4 Å². The number of rotatable bonds is 7. The number of pyridine rings is 1. The lowest BCUT2D eigenvalue weighted by atomic mass is 9.95. The van der Waals surface area contributed by atoms with Gasteiger partial charge >= 0.3 is 0 Å². The van der Waals surface area contributed by atoms with Gasteiger partial charge in [-0.2, -0.15) is 5.26 Å². The topological polar surface area (TPSA) is 57.9 Å². The van der Waals surface area contributed by atoms with Gasteiger partial charge in [0, 0.05) is 18.8 Å². The molecule has 1 N–H and O–H groups in total. The summed E-state index contributed by atoms with van der Waals surface area (Å²) in [5.74, 6) is 1.39. The summed E-state index contributed by atoms with van der Waals surface area (Å²) in [6.07, 6.45) is 5.57. The Kier molecular flexibility index (Phi) is 6.01. The number of nitrogens with zero attached hydrogens (tertiary/aromatic N) is 2. The lowest BCUT2D eigenvalue weighted by Gasteiger charge is -2.17. The van der Waals surface area contributed by atoms with Crippen molar-refractivity contribution in [3.05, 3.63) is 22.9 Å². The molecule has 0 bridgehead atoms. The van der Waals surface area contributed by atoms with Crippen molar-refractivity contribution in [2.45, 2.75) is 46.0 Å². The van der Waals surface area contributed by atoms with Crippen molar-refractivity contribution in [1.82, 2.24) is 4.98 Å². The summed E-state index contributed by atoms with van der Waals surface area (Å²) in [4.78, 5) is 4.64. The lowest BCUT2D eigenvalue weighted by molar-refractivity contribution is 0.132. The Morgan fingerprint density at radius 1 is 1.33 bits per heavy atom. The van der Waals surface area contributed by atoms with Crippen LogP contribution in [-0.4, -0.2) is 24.7 Å². The molecule has 0 saturated heterocycles. The normalized spacial score (nSPS) is 13.8. The molecule has 1 aliphatic rings. The zero-order valence-corrected chi connectivity index (χ0v) is 13.1. The van der Waals surface area contributed by atoms with E-state index in [9.17, 15) is 5.26 Å². The molecule has 1 heterocycles. The Balaban J connectivity index is 1.86. The van der Waals surface area contributed by atoms with Crippen LogP contribution >= 0.6 is 0 Å². The Bertz CT molecular complexity index is 505. The monoisotopic (exact) mass is 287 g/mol. The van der Waals surface area contributed by atoms with E-state index in [0.717, 1.165) is 31.6 Å². The second-order valence-corrected chi connectivity index (χ2v) is 6.03. The van der Waals surface area contributed by atoms with Gasteiger partial charge in [0.2, 0.25) is 0 Å². The highest BCUT2D eigenvalue weighted by atomic mass is 16.5. The average molecular weight is 287 g/mol. The minimum Gasteiger partial charge on any atom is -0.380 e. The molecule has 0 aliphatic heterocycles. The highest BCUT2D eigenvalue weighted by Gasteiger charge is 2.14. The summed E-state index contributed by atoms with van der Waals surface area (Å²) in [5.41, 5.74) is 3.05. The van der Waals surface area contributed by atoms with Crippen LogP contribution in [0.5, 0.6) is 0 Å². The van der Waals surface area contributed by atoms with Crippen molar-refractivity contribution in [1.29, 1.82) is 5.26 Å². The lowest BCUT2D eigenvalue weighted by Crippen LogP contribution is -2.15. The minimum absolute atomic E-state index is 0.649. The summed E-state index contributed by atoms with van der Waals surface area (Å²) < 4.78 is 5.58. The van der Waals surface area contributed by atoms with E-state index >= 15 is 0 Å². The zero-order chi connectivity index (χ0) is 15.1. The van der Waals surface area contributed by atoms with E-state index < -0.39 is 0 Å². The van der Waals surface area contributed by atoms with E-state index in [1.807, 2.05) is 6.07 Å². The van der Waals surface area contributed by atoms with Gasteiger partial charge in [-0.1, -0.05) is 13.8 Å². The molecule has 0 fully saturated rings. The van der Waals surface area contributed by atoms with Gasteiger partial charge in [0.25, 0.3) is 0 Å². The first-order valence-corrected chi connectivity index (χ1v) is 7.95. The third kappa shape index (κ3) is 4.71. The van der Waals surface area contributed by atoms with Crippen LogP contribution in [0.1, 0.15) is 49.9 Å². The quantitative estimate of drug-likeness (QED) is 0.782. The van der Waals surface area contributed by atoms with Gasteiger partial charge in [-0.15, -0.1) is 0 Å². The van der Waals surface area contributed by atoms with Crippen molar-refractivity contribution < 1.29 is 4.74 Å². The van der Waals surface area contributed by atoms with Gasteiger partial charge in [-0.25, -0.2) is 4.98 Å². The van der Waals surface area contributed by atoms with Gasteiger partial charge in [0.05, 0.1) is 12.2 Å². The van der Waals surface area contributed by atoms with Gasteiger partial charge in [0.15, 0.2) is 0 Å². The molecule has 0 amide bonds. The van der Waals surface area contributed by atoms with Crippen LogP contribution in [0.25, 0.3) is 0 Å². The van der Waals surface area contributed by atoms with Crippen molar-refractivity contribution >= 4 is 5.82 Å². The summed E-state index contributed by atoms with van der Waals surface area (Å²) in [7, 11) is 0. The zero-order valence-electron chi connectivity index (χ0n) is 13.1. The van der Waals surface area contributed by atoms with Gasteiger partial charge in [0.1, 0.15) is 11.9 Å². The number of hydrogen-bond donors (Lipinski definition) is 1. The molecule has 1 aromatic heterocycles. The molecule has 4 heteroatoms. The molecule has 114 valence electrons. The minimum atomic E-state index is 0.649. The highest BCUT2D eigenvalue weighted by molar-refractivity contribution is 5.54. The maximum atomic E-state index is 9.26. The van der Waals surface area contributed by atoms with Crippen LogP contribution in [0.15, 0.2) is 6.07 Å². The van der Waals surface area contributed by atoms with E-state index in [0.29, 0.717) is 30.5 Å². The van der Waals surface area contributed by atoms with Gasteiger partial charge < -0.3 is 10.1 Å². The number of ether oxygens (including phenoxy) is 1. The second-order valence-electron chi connectivity index (χ2n) is 6.03. The molecule has 0 spiro atoms. The van der Waals surface area contributed by atoms with Crippen LogP contribution in [0.4, 0.5) is 5.82 Å². The van der Waals surface area contributed by atoms with Crippen molar-refractivity contribution in [2.24, 2.45) is 5.92 Å². The average Bonchev–Trinajstić information content (AvgIpc) is 2.49. The number of aromatic nitrogens is 1. The van der Waals surface area contributed by atoms with Gasteiger partial charge in [-0.05, 0) is 49.7 Å². The smallest absolute Gasteiger partial charge is 0.144 e. The van der Waals surface area contributed by atoms with E-state index in [1.54, 1.807) is 0 Å². The number of nitrogens with one attached hydrogen (secondary N) is 1. The number of fused-ring (bicyclic) bond motifs is 1. The fourth-order valence-electron chi connectivity index (χ4n) is 2.52. The van der Waals surface area contributed by atoms with E-state index in [4.69, 9.17) is 4.74 Å². The third-order valence-corrected chi connectivity index (χ3v) is 3.80. The predicted molar refractivity (Wildman–Crippen MR) is 84.4 cm³/mol.